The van der Waals surface area contributed by atoms with Crippen LogP contribution in [0.5, 0.6) is 11.5 Å². The Hall–Kier alpha value is -2.33. The molecule has 0 spiro atoms. The Kier molecular flexibility index (Phi) is 7.92. The van der Waals surface area contributed by atoms with Crippen LogP contribution in [0.2, 0.25) is 0 Å². The number of esters is 1. The third kappa shape index (κ3) is 7.01. The SMILES string of the molecule is CCCCCc1ccc(OC(=O)c2ccc(OCCCCC3CO3)cc2)cc1. The van der Waals surface area contributed by atoms with Gasteiger partial charge in [-0.1, -0.05) is 31.9 Å². The van der Waals surface area contributed by atoms with Crippen molar-refractivity contribution < 1.29 is 19.0 Å². The summed E-state index contributed by atoms with van der Waals surface area (Å²) in [5, 5.41) is 0. The van der Waals surface area contributed by atoms with E-state index in [0.717, 1.165) is 38.0 Å². The first kappa shape index (κ1) is 20.4. The van der Waals surface area contributed by atoms with Crippen molar-refractivity contribution in [1.29, 1.82) is 0 Å². The standard InChI is InChI=1S/C24H30O4/c1-2-3-4-7-19-9-13-22(14-10-19)28-24(25)20-11-15-21(16-12-20)26-17-6-5-8-23-18-27-23/h9-16,23H,2-8,17-18H2,1H3. The summed E-state index contributed by atoms with van der Waals surface area (Å²) in [6, 6.07) is 14.9. The van der Waals surface area contributed by atoms with Crippen molar-refractivity contribution in [2.75, 3.05) is 13.2 Å². The van der Waals surface area contributed by atoms with Crippen LogP contribution >= 0.6 is 0 Å². The molecule has 4 heteroatoms. The Balaban J connectivity index is 1.40. The summed E-state index contributed by atoms with van der Waals surface area (Å²) in [6.45, 7) is 3.80. The fraction of sp³-hybridized carbons (Fsp3) is 0.458. The molecular weight excluding hydrogens is 352 g/mol. The molecular formula is C24H30O4. The maximum absolute atomic E-state index is 12.3. The minimum Gasteiger partial charge on any atom is -0.494 e. The molecule has 1 aliphatic rings. The van der Waals surface area contributed by atoms with Gasteiger partial charge in [-0.3, -0.25) is 0 Å². The molecule has 1 fully saturated rings. The van der Waals surface area contributed by atoms with Gasteiger partial charge in [-0.2, -0.15) is 0 Å². The summed E-state index contributed by atoms with van der Waals surface area (Å²) >= 11 is 0. The van der Waals surface area contributed by atoms with E-state index in [1.54, 1.807) is 12.1 Å². The molecule has 0 N–H and O–H groups in total. The van der Waals surface area contributed by atoms with E-state index in [1.807, 2.05) is 36.4 Å². The lowest BCUT2D eigenvalue weighted by atomic mass is 10.1. The lowest BCUT2D eigenvalue weighted by Gasteiger charge is -2.08. The molecule has 1 saturated heterocycles. The van der Waals surface area contributed by atoms with Crippen LogP contribution in [-0.4, -0.2) is 25.3 Å². The van der Waals surface area contributed by atoms with Gasteiger partial charge < -0.3 is 14.2 Å². The lowest BCUT2D eigenvalue weighted by Crippen LogP contribution is -2.08. The summed E-state index contributed by atoms with van der Waals surface area (Å²) in [5.41, 5.74) is 1.80. The zero-order valence-corrected chi connectivity index (χ0v) is 16.7. The van der Waals surface area contributed by atoms with Crippen molar-refractivity contribution >= 4 is 5.97 Å². The van der Waals surface area contributed by atoms with E-state index in [9.17, 15) is 4.79 Å². The van der Waals surface area contributed by atoms with Crippen molar-refractivity contribution in [1.82, 2.24) is 0 Å². The molecule has 0 amide bonds. The third-order valence-corrected chi connectivity index (χ3v) is 4.88. The first-order valence-electron chi connectivity index (χ1n) is 10.4. The highest BCUT2D eigenvalue weighted by Gasteiger charge is 2.20. The Bertz CT molecular complexity index is 717. The zero-order chi connectivity index (χ0) is 19.6. The van der Waals surface area contributed by atoms with E-state index in [1.165, 1.54) is 24.8 Å². The van der Waals surface area contributed by atoms with Gasteiger partial charge in [-0.05, 0) is 74.1 Å². The lowest BCUT2D eigenvalue weighted by molar-refractivity contribution is 0.0734. The minimum atomic E-state index is -0.352. The van der Waals surface area contributed by atoms with Gasteiger partial charge in [0.25, 0.3) is 0 Å². The number of aryl methyl sites for hydroxylation is 1. The zero-order valence-electron chi connectivity index (χ0n) is 16.7. The Morgan fingerprint density at radius 2 is 1.68 bits per heavy atom. The van der Waals surface area contributed by atoms with Crippen molar-refractivity contribution in [3.05, 3.63) is 59.7 Å². The second-order valence-corrected chi connectivity index (χ2v) is 7.31. The molecule has 0 saturated carbocycles. The number of epoxide rings is 1. The Morgan fingerprint density at radius 1 is 0.964 bits per heavy atom. The topological polar surface area (TPSA) is 48.1 Å². The molecule has 2 aromatic carbocycles. The van der Waals surface area contributed by atoms with E-state index in [4.69, 9.17) is 14.2 Å². The second kappa shape index (κ2) is 10.9. The van der Waals surface area contributed by atoms with Gasteiger partial charge >= 0.3 is 5.97 Å². The molecule has 1 unspecified atom stereocenters. The highest BCUT2D eigenvalue weighted by atomic mass is 16.6. The van der Waals surface area contributed by atoms with Crippen LogP contribution < -0.4 is 9.47 Å². The van der Waals surface area contributed by atoms with Crippen LogP contribution in [0.3, 0.4) is 0 Å². The molecule has 0 radical (unpaired) electrons. The van der Waals surface area contributed by atoms with Gasteiger partial charge in [0.2, 0.25) is 0 Å². The summed E-state index contributed by atoms with van der Waals surface area (Å²) in [4.78, 5) is 12.3. The molecule has 4 nitrogen and oxygen atoms in total. The average Bonchev–Trinajstić information content (AvgIpc) is 3.54. The van der Waals surface area contributed by atoms with Crippen molar-refractivity contribution in [3.63, 3.8) is 0 Å². The second-order valence-electron chi connectivity index (χ2n) is 7.31. The highest BCUT2D eigenvalue weighted by molar-refractivity contribution is 5.91. The van der Waals surface area contributed by atoms with E-state index in [2.05, 4.69) is 6.92 Å². The number of hydrogen-bond donors (Lipinski definition) is 0. The number of hydrogen-bond acceptors (Lipinski definition) is 4. The van der Waals surface area contributed by atoms with E-state index < -0.39 is 0 Å². The molecule has 28 heavy (non-hydrogen) atoms. The number of ether oxygens (including phenoxy) is 3. The van der Waals surface area contributed by atoms with Gasteiger partial charge in [-0.25, -0.2) is 4.79 Å². The highest BCUT2D eigenvalue weighted by Crippen LogP contribution is 2.19. The molecule has 0 bridgehead atoms. The van der Waals surface area contributed by atoms with Crippen molar-refractivity contribution in [3.8, 4) is 11.5 Å². The largest absolute Gasteiger partial charge is 0.494 e. The first-order valence-corrected chi connectivity index (χ1v) is 10.4. The van der Waals surface area contributed by atoms with Crippen molar-refractivity contribution in [2.45, 2.75) is 58.0 Å². The van der Waals surface area contributed by atoms with Crippen LogP contribution in [0.4, 0.5) is 0 Å². The number of unbranched alkanes of at least 4 members (excludes halogenated alkanes) is 3. The summed E-state index contributed by atoms with van der Waals surface area (Å²) < 4.78 is 16.4. The fourth-order valence-electron chi connectivity index (χ4n) is 3.06. The van der Waals surface area contributed by atoms with Crippen LogP contribution in [0.25, 0.3) is 0 Å². The molecule has 0 aliphatic carbocycles. The van der Waals surface area contributed by atoms with Gasteiger partial charge in [0.15, 0.2) is 0 Å². The number of benzene rings is 2. The minimum absolute atomic E-state index is 0.352. The maximum Gasteiger partial charge on any atom is 0.343 e. The summed E-state index contributed by atoms with van der Waals surface area (Å²) in [7, 11) is 0. The Labute approximate surface area is 167 Å². The van der Waals surface area contributed by atoms with Crippen LogP contribution in [0, 0.1) is 0 Å². The summed E-state index contributed by atoms with van der Waals surface area (Å²) in [6.07, 6.45) is 8.46. The fourth-order valence-corrected chi connectivity index (χ4v) is 3.06. The predicted octanol–water partition coefficient (Wildman–Crippen LogP) is 5.59. The molecule has 3 rings (SSSR count). The van der Waals surface area contributed by atoms with Crippen LogP contribution in [0.1, 0.15) is 61.4 Å². The quantitative estimate of drug-likeness (QED) is 0.208. The average molecular weight is 383 g/mol. The van der Waals surface area contributed by atoms with E-state index in [0.29, 0.717) is 24.0 Å². The van der Waals surface area contributed by atoms with Crippen LogP contribution in [-0.2, 0) is 11.2 Å². The maximum atomic E-state index is 12.3. The first-order chi connectivity index (χ1) is 13.7. The third-order valence-electron chi connectivity index (χ3n) is 4.88. The number of carbonyl (C=O) groups excluding carboxylic acids is 1. The monoisotopic (exact) mass is 382 g/mol. The Morgan fingerprint density at radius 3 is 2.36 bits per heavy atom. The van der Waals surface area contributed by atoms with Gasteiger partial charge in [0.05, 0.1) is 24.9 Å². The molecule has 1 aliphatic heterocycles. The van der Waals surface area contributed by atoms with Crippen LogP contribution in [0.15, 0.2) is 48.5 Å². The van der Waals surface area contributed by atoms with Gasteiger partial charge in [0.1, 0.15) is 11.5 Å². The summed E-state index contributed by atoms with van der Waals surface area (Å²) in [5.74, 6) is 0.995. The molecule has 150 valence electrons. The van der Waals surface area contributed by atoms with E-state index >= 15 is 0 Å². The molecule has 1 heterocycles. The van der Waals surface area contributed by atoms with E-state index in [-0.39, 0.29) is 5.97 Å². The normalized spacial score (nSPS) is 15.2. The number of rotatable bonds is 12. The number of carbonyl (C=O) groups is 1. The molecule has 0 aromatic heterocycles. The molecule has 1 atom stereocenters. The van der Waals surface area contributed by atoms with Crippen molar-refractivity contribution in [2.24, 2.45) is 0 Å². The smallest absolute Gasteiger partial charge is 0.343 e. The van der Waals surface area contributed by atoms with Gasteiger partial charge in [-0.15, -0.1) is 0 Å². The molecule has 2 aromatic rings. The predicted molar refractivity (Wildman–Crippen MR) is 110 cm³/mol. The van der Waals surface area contributed by atoms with Gasteiger partial charge in [0, 0.05) is 0 Å².